The number of aromatic nitrogens is 3. The largest absolute Gasteiger partial charge is 0.349 e. The van der Waals surface area contributed by atoms with Gasteiger partial charge in [0, 0.05) is 17.1 Å². The van der Waals surface area contributed by atoms with Crippen molar-refractivity contribution in [2.75, 3.05) is 6.54 Å². The van der Waals surface area contributed by atoms with Crippen LogP contribution in [0.4, 0.5) is 0 Å². The molecular weight excluding hydrogens is 348 g/mol. The van der Waals surface area contributed by atoms with Gasteiger partial charge < -0.3 is 5.32 Å². The minimum Gasteiger partial charge on any atom is -0.349 e. The maximum absolute atomic E-state index is 12.3. The second-order valence-corrected chi connectivity index (χ2v) is 6.64. The highest BCUT2D eigenvalue weighted by Crippen LogP contribution is 2.25. The van der Waals surface area contributed by atoms with E-state index in [-0.39, 0.29) is 11.7 Å². The summed E-state index contributed by atoms with van der Waals surface area (Å²) >= 11 is 6.28. The van der Waals surface area contributed by atoms with Gasteiger partial charge in [0.05, 0.1) is 5.69 Å². The fourth-order valence-corrected chi connectivity index (χ4v) is 2.77. The second kappa shape index (κ2) is 7.70. The van der Waals surface area contributed by atoms with Gasteiger partial charge in [-0.1, -0.05) is 48.4 Å². The van der Waals surface area contributed by atoms with E-state index in [0.29, 0.717) is 17.4 Å². The summed E-state index contributed by atoms with van der Waals surface area (Å²) in [6.07, 6.45) is 0.852. The smallest absolute Gasteiger partial charge is 0.290 e. The van der Waals surface area contributed by atoms with Crippen molar-refractivity contribution < 1.29 is 4.79 Å². The van der Waals surface area contributed by atoms with Crippen LogP contribution in [0.2, 0.25) is 5.02 Å². The molecule has 1 heterocycles. The molecule has 2 aromatic carbocycles. The van der Waals surface area contributed by atoms with Crippen LogP contribution in [-0.4, -0.2) is 27.2 Å². The molecule has 0 radical (unpaired) electrons. The summed E-state index contributed by atoms with van der Waals surface area (Å²) in [5.41, 5.74) is 3.74. The molecule has 0 bridgehead atoms. The van der Waals surface area contributed by atoms with E-state index >= 15 is 0 Å². The number of carbonyl (C=O) groups is 1. The molecule has 3 aromatic rings. The summed E-state index contributed by atoms with van der Waals surface area (Å²) in [5.74, 6) is 0.472. The fraction of sp³-hybridized carbons (Fsp3) is 0.250. The molecule has 3 rings (SSSR count). The molecule has 0 unspecified atom stereocenters. The molecule has 0 aliphatic rings. The normalized spacial score (nSPS) is 10.8. The molecule has 1 amide bonds. The third-order valence-corrected chi connectivity index (χ3v) is 4.43. The molecule has 0 aliphatic carbocycles. The van der Waals surface area contributed by atoms with Crippen LogP contribution in [0.15, 0.2) is 42.5 Å². The summed E-state index contributed by atoms with van der Waals surface area (Å²) in [6, 6.07) is 13.6. The molecule has 0 saturated heterocycles. The molecule has 134 valence electrons. The average Bonchev–Trinajstić information content (AvgIpc) is 3.07. The third kappa shape index (κ3) is 3.78. The number of halogens is 1. The number of carbonyl (C=O) groups excluding carboxylic acids is 1. The topological polar surface area (TPSA) is 59.8 Å². The summed E-state index contributed by atoms with van der Waals surface area (Å²) in [6.45, 7) is 6.54. The maximum Gasteiger partial charge on any atom is 0.290 e. The first-order chi connectivity index (χ1) is 12.5. The molecule has 0 atom stereocenters. The molecule has 6 heteroatoms. The standard InChI is InChI=1S/C20H21ClN4O/c1-4-10-22-20(26)18-23-19(15-7-5-6-13(2)11-15)25(24-18)16-9-8-14(3)17(21)12-16/h5-9,11-12H,4,10H2,1-3H3,(H,22,26). The van der Waals surface area contributed by atoms with Crippen molar-refractivity contribution in [3.05, 3.63) is 64.4 Å². The van der Waals surface area contributed by atoms with Crippen molar-refractivity contribution in [2.24, 2.45) is 0 Å². The van der Waals surface area contributed by atoms with Gasteiger partial charge in [0.1, 0.15) is 0 Å². The van der Waals surface area contributed by atoms with Crippen LogP contribution >= 0.6 is 11.6 Å². The Hall–Kier alpha value is -2.66. The van der Waals surface area contributed by atoms with Crippen LogP contribution < -0.4 is 5.32 Å². The molecule has 5 nitrogen and oxygen atoms in total. The Labute approximate surface area is 158 Å². The Morgan fingerprint density at radius 3 is 2.69 bits per heavy atom. The summed E-state index contributed by atoms with van der Waals surface area (Å²) < 4.78 is 1.67. The SMILES string of the molecule is CCCNC(=O)c1nc(-c2cccc(C)c2)n(-c2ccc(C)c(Cl)c2)n1. The predicted octanol–water partition coefficient (Wildman–Crippen LogP) is 4.34. The Bertz CT molecular complexity index is 949. The maximum atomic E-state index is 12.3. The lowest BCUT2D eigenvalue weighted by atomic mass is 10.1. The molecule has 0 aliphatic heterocycles. The Kier molecular flexibility index (Phi) is 5.38. The van der Waals surface area contributed by atoms with Crippen LogP contribution in [0.1, 0.15) is 35.1 Å². The molecule has 26 heavy (non-hydrogen) atoms. The highest BCUT2D eigenvalue weighted by atomic mass is 35.5. The highest BCUT2D eigenvalue weighted by molar-refractivity contribution is 6.31. The van der Waals surface area contributed by atoms with Gasteiger partial charge in [-0.05, 0) is 44.0 Å². The van der Waals surface area contributed by atoms with Crippen molar-refractivity contribution in [3.63, 3.8) is 0 Å². The van der Waals surface area contributed by atoms with Gasteiger partial charge in [0.25, 0.3) is 5.91 Å². The van der Waals surface area contributed by atoms with Crippen LogP contribution in [0.5, 0.6) is 0 Å². The fourth-order valence-electron chi connectivity index (χ4n) is 2.59. The number of nitrogens with zero attached hydrogens (tertiary/aromatic N) is 3. The van der Waals surface area contributed by atoms with Crippen LogP contribution in [-0.2, 0) is 0 Å². The molecular formula is C20H21ClN4O. The van der Waals surface area contributed by atoms with Gasteiger partial charge >= 0.3 is 0 Å². The number of hydrogen-bond acceptors (Lipinski definition) is 3. The van der Waals surface area contributed by atoms with Crippen molar-refractivity contribution in [1.82, 2.24) is 20.1 Å². The van der Waals surface area contributed by atoms with E-state index in [4.69, 9.17) is 11.6 Å². The minimum absolute atomic E-state index is 0.145. The van der Waals surface area contributed by atoms with Gasteiger partial charge in [-0.15, -0.1) is 5.10 Å². The first-order valence-electron chi connectivity index (χ1n) is 8.58. The van der Waals surface area contributed by atoms with Crippen molar-refractivity contribution in [3.8, 4) is 17.1 Å². The van der Waals surface area contributed by atoms with E-state index in [9.17, 15) is 4.79 Å². The minimum atomic E-state index is -0.280. The van der Waals surface area contributed by atoms with E-state index < -0.39 is 0 Å². The summed E-state index contributed by atoms with van der Waals surface area (Å²) in [7, 11) is 0. The number of amides is 1. The van der Waals surface area contributed by atoms with Crippen molar-refractivity contribution in [2.45, 2.75) is 27.2 Å². The van der Waals surface area contributed by atoms with E-state index in [1.54, 1.807) is 4.68 Å². The zero-order valence-electron chi connectivity index (χ0n) is 15.1. The predicted molar refractivity (Wildman–Crippen MR) is 104 cm³/mol. The number of rotatable bonds is 5. The lowest BCUT2D eigenvalue weighted by Gasteiger charge is -2.08. The van der Waals surface area contributed by atoms with Gasteiger partial charge in [-0.2, -0.15) is 0 Å². The highest BCUT2D eigenvalue weighted by Gasteiger charge is 2.19. The average molecular weight is 369 g/mol. The molecule has 1 aromatic heterocycles. The van der Waals surface area contributed by atoms with E-state index in [2.05, 4.69) is 15.4 Å². The summed E-state index contributed by atoms with van der Waals surface area (Å²) in [5, 5.41) is 7.91. The molecule has 0 fully saturated rings. The Balaban J connectivity index is 2.12. The van der Waals surface area contributed by atoms with E-state index in [1.165, 1.54) is 0 Å². The monoisotopic (exact) mass is 368 g/mol. The van der Waals surface area contributed by atoms with Crippen molar-refractivity contribution in [1.29, 1.82) is 0 Å². The van der Waals surface area contributed by atoms with Gasteiger partial charge in [-0.25, -0.2) is 9.67 Å². The number of aryl methyl sites for hydroxylation is 2. The van der Waals surface area contributed by atoms with Gasteiger partial charge in [0.2, 0.25) is 5.82 Å². The van der Waals surface area contributed by atoms with Crippen LogP contribution in [0.25, 0.3) is 17.1 Å². The third-order valence-electron chi connectivity index (χ3n) is 4.02. The zero-order valence-corrected chi connectivity index (χ0v) is 15.8. The van der Waals surface area contributed by atoms with Crippen molar-refractivity contribution >= 4 is 17.5 Å². The quantitative estimate of drug-likeness (QED) is 0.728. The summed E-state index contributed by atoms with van der Waals surface area (Å²) in [4.78, 5) is 16.8. The molecule has 1 N–H and O–H groups in total. The first kappa shape index (κ1) is 18.1. The first-order valence-corrected chi connectivity index (χ1v) is 8.96. The lowest BCUT2D eigenvalue weighted by Crippen LogP contribution is -2.25. The van der Waals surface area contributed by atoms with E-state index in [1.807, 2.05) is 63.2 Å². The second-order valence-electron chi connectivity index (χ2n) is 6.23. The van der Waals surface area contributed by atoms with E-state index in [0.717, 1.165) is 28.8 Å². The molecule has 0 saturated carbocycles. The number of nitrogens with one attached hydrogen (secondary N) is 1. The zero-order chi connectivity index (χ0) is 18.7. The Morgan fingerprint density at radius 2 is 2.00 bits per heavy atom. The molecule has 0 spiro atoms. The van der Waals surface area contributed by atoms with Gasteiger partial charge in [-0.3, -0.25) is 4.79 Å². The van der Waals surface area contributed by atoms with Crippen LogP contribution in [0.3, 0.4) is 0 Å². The Morgan fingerprint density at radius 1 is 1.19 bits per heavy atom. The van der Waals surface area contributed by atoms with Crippen LogP contribution in [0, 0.1) is 13.8 Å². The van der Waals surface area contributed by atoms with Gasteiger partial charge in [0.15, 0.2) is 5.82 Å². The number of hydrogen-bond donors (Lipinski definition) is 1. The lowest BCUT2D eigenvalue weighted by molar-refractivity contribution is 0.0943. The number of benzene rings is 2.